The lowest BCUT2D eigenvalue weighted by Crippen LogP contribution is -2.55. The summed E-state index contributed by atoms with van der Waals surface area (Å²) in [5.74, 6) is -1.79. The van der Waals surface area contributed by atoms with Crippen LogP contribution < -0.4 is 16.0 Å². The number of nitrogens with one attached hydrogen (secondary N) is 3. The Morgan fingerprint density at radius 1 is 1.22 bits per heavy atom. The molecule has 37 heavy (non-hydrogen) atoms. The molecule has 1 aromatic carbocycles. The van der Waals surface area contributed by atoms with Crippen molar-refractivity contribution in [2.75, 3.05) is 13.2 Å². The Morgan fingerprint density at radius 3 is 2.41 bits per heavy atom. The lowest BCUT2D eigenvalue weighted by molar-refractivity contribution is -0.126. The maximum Gasteiger partial charge on any atom is 0.407 e. The number of carbonyl (C=O) groups excluding carboxylic acids is 3. The molecule has 0 aromatic heterocycles. The van der Waals surface area contributed by atoms with Crippen LogP contribution in [0.15, 0.2) is 35.2 Å². The molecule has 13 heteroatoms. The molecule has 1 aliphatic heterocycles. The number of rotatable bonds is 13. The highest BCUT2D eigenvalue weighted by atomic mass is 32.2. The molecule has 2 rings (SSSR count). The van der Waals surface area contributed by atoms with Crippen molar-refractivity contribution in [1.29, 1.82) is 0 Å². The first kappa shape index (κ1) is 30.9. The number of hydrogen-bond acceptors (Lipinski definition) is 8. The zero-order valence-corrected chi connectivity index (χ0v) is 23.1. The molecule has 1 heterocycles. The molecule has 1 aliphatic rings. The Labute approximate surface area is 222 Å². The van der Waals surface area contributed by atoms with Crippen LogP contribution in [-0.2, 0) is 24.4 Å². The second-order valence-corrected chi connectivity index (χ2v) is 13.4. The predicted octanol–water partition coefficient (Wildman–Crippen LogP) is 1.92. The number of hydrogen-bond donors (Lipinski definition) is 5. The molecule has 1 unspecified atom stereocenters. The number of aliphatic hydroxyl groups excluding tert-OH is 1. The van der Waals surface area contributed by atoms with Gasteiger partial charge in [-0.05, 0) is 51.2 Å². The van der Waals surface area contributed by atoms with Gasteiger partial charge in [0.25, 0.3) is 10.1 Å². The fraction of sp³-hybridized carbons (Fsp3) is 0.625. The van der Waals surface area contributed by atoms with Gasteiger partial charge in [0.15, 0.2) is 0 Å². The van der Waals surface area contributed by atoms with Gasteiger partial charge in [-0.3, -0.25) is 14.1 Å². The Balaban J connectivity index is 2.05. The molecular weight excluding hydrogens is 522 g/mol. The molecule has 3 amide bonds. The molecule has 0 spiro atoms. The molecule has 1 aromatic rings. The van der Waals surface area contributed by atoms with Gasteiger partial charge >= 0.3 is 6.09 Å². The van der Waals surface area contributed by atoms with Crippen LogP contribution in [0.5, 0.6) is 0 Å². The van der Waals surface area contributed by atoms with Crippen LogP contribution in [0.3, 0.4) is 0 Å². The molecule has 0 bridgehead atoms. The number of amides is 3. The quantitative estimate of drug-likeness (QED) is 0.179. The van der Waals surface area contributed by atoms with E-state index in [2.05, 4.69) is 16.0 Å². The second-order valence-electron chi connectivity index (χ2n) is 10.1. The minimum Gasteiger partial charge on any atom is -0.448 e. The van der Waals surface area contributed by atoms with Gasteiger partial charge in [0.1, 0.15) is 12.6 Å². The summed E-state index contributed by atoms with van der Waals surface area (Å²) < 4.78 is 37.5. The average molecular weight is 560 g/mol. The Bertz CT molecular complexity index is 1030. The van der Waals surface area contributed by atoms with Gasteiger partial charge in [0.05, 0.1) is 6.04 Å². The van der Waals surface area contributed by atoms with E-state index in [0.29, 0.717) is 13.0 Å². The van der Waals surface area contributed by atoms with Crippen LogP contribution in [0.2, 0.25) is 0 Å². The zero-order chi connectivity index (χ0) is 27.8. The van der Waals surface area contributed by atoms with E-state index in [-0.39, 0.29) is 31.3 Å². The van der Waals surface area contributed by atoms with Crippen LogP contribution in [0.1, 0.15) is 47.0 Å². The SMILES string of the molecule is CC(C)C[C@H](NC(=O)OCC(C)(C)Sc1ccccc1)C(=O)N[C@@H](C[C@@H]1CCNC1=O)C(O)S(=O)(=O)O. The van der Waals surface area contributed by atoms with E-state index in [1.54, 1.807) is 0 Å². The van der Waals surface area contributed by atoms with E-state index in [0.717, 1.165) is 4.90 Å². The van der Waals surface area contributed by atoms with Crippen LogP contribution in [0.25, 0.3) is 0 Å². The van der Waals surface area contributed by atoms with Gasteiger partial charge in [-0.1, -0.05) is 32.0 Å². The van der Waals surface area contributed by atoms with Gasteiger partial charge in [-0.2, -0.15) is 8.42 Å². The molecule has 1 saturated heterocycles. The monoisotopic (exact) mass is 559 g/mol. The van der Waals surface area contributed by atoms with E-state index >= 15 is 0 Å². The van der Waals surface area contributed by atoms with Gasteiger partial charge < -0.3 is 25.8 Å². The number of aliphatic hydroxyl groups is 1. The summed E-state index contributed by atoms with van der Waals surface area (Å²) in [6, 6.07) is 7.04. The third-order valence-corrected chi connectivity index (χ3v) is 7.80. The minimum absolute atomic E-state index is 0.0355. The van der Waals surface area contributed by atoms with E-state index in [9.17, 15) is 32.5 Å². The maximum atomic E-state index is 13.1. The highest BCUT2D eigenvalue weighted by molar-refractivity contribution is 8.00. The predicted molar refractivity (Wildman–Crippen MR) is 139 cm³/mol. The van der Waals surface area contributed by atoms with Crippen LogP contribution in [0, 0.1) is 11.8 Å². The minimum atomic E-state index is -4.93. The third kappa shape index (κ3) is 10.5. The fourth-order valence-electron chi connectivity index (χ4n) is 3.88. The molecule has 0 saturated carbocycles. The van der Waals surface area contributed by atoms with Crippen molar-refractivity contribution in [2.24, 2.45) is 11.8 Å². The van der Waals surface area contributed by atoms with Crippen molar-refractivity contribution in [1.82, 2.24) is 16.0 Å². The lowest BCUT2D eigenvalue weighted by atomic mass is 9.97. The summed E-state index contributed by atoms with van der Waals surface area (Å²) in [6.45, 7) is 7.93. The summed E-state index contributed by atoms with van der Waals surface area (Å²) >= 11 is 1.53. The van der Waals surface area contributed by atoms with E-state index < -0.39 is 50.3 Å². The summed E-state index contributed by atoms with van der Waals surface area (Å²) in [7, 11) is -4.93. The number of carbonyl (C=O) groups is 3. The normalized spacial score (nSPS) is 18.6. The van der Waals surface area contributed by atoms with E-state index in [1.807, 2.05) is 58.0 Å². The number of alkyl carbamates (subject to hydrolysis) is 1. The zero-order valence-electron chi connectivity index (χ0n) is 21.5. The van der Waals surface area contributed by atoms with Crippen molar-refractivity contribution in [3.63, 3.8) is 0 Å². The van der Waals surface area contributed by atoms with E-state index in [4.69, 9.17) is 4.74 Å². The molecule has 0 radical (unpaired) electrons. The molecular formula is C24H37N3O8S2. The second kappa shape index (κ2) is 13.4. The first-order valence-electron chi connectivity index (χ1n) is 12.1. The molecule has 5 N–H and O–H groups in total. The van der Waals surface area contributed by atoms with Crippen LogP contribution in [0.4, 0.5) is 4.79 Å². The summed E-state index contributed by atoms with van der Waals surface area (Å²) in [4.78, 5) is 38.6. The molecule has 0 aliphatic carbocycles. The number of benzene rings is 1. The van der Waals surface area contributed by atoms with Gasteiger partial charge in [-0.15, -0.1) is 11.8 Å². The van der Waals surface area contributed by atoms with Gasteiger partial charge in [0.2, 0.25) is 17.3 Å². The fourth-order valence-corrected chi connectivity index (χ4v) is 5.52. The first-order chi connectivity index (χ1) is 17.2. The highest BCUT2D eigenvalue weighted by Gasteiger charge is 2.38. The van der Waals surface area contributed by atoms with Crippen molar-refractivity contribution in [2.45, 2.75) is 74.1 Å². The third-order valence-electron chi connectivity index (χ3n) is 5.68. The average Bonchev–Trinajstić information content (AvgIpc) is 3.20. The smallest absolute Gasteiger partial charge is 0.407 e. The van der Waals surface area contributed by atoms with Crippen molar-refractivity contribution < 1.29 is 37.2 Å². The first-order valence-corrected chi connectivity index (χ1v) is 14.4. The van der Waals surface area contributed by atoms with Crippen molar-refractivity contribution in [3.05, 3.63) is 30.3 Å². The molecule has 208 valence electrons. The Morgan fingerprint density at radius 2 is 1.86 bits per heavy atom. The van der Waals surface area contributed by atoms with Crippen molar-refractivity contribution in [3.8, 4) is 0 Å². The summed E-state index contributed by atoms with van der Waals surface area (Å²) in [5.41, 5.74) is -2.34. The molecule has 11 nitrogen and oxygen atoms in total. The highest BCUT2D eigenvalue weighted by Crippen LogP contribution is 2.32. The lowest BCUT2D eigenvalue weighted by Gasteiger charge is -2.28. The van der Waals surface area contributed by atoms with Gasteiger partial charge in [0, 0.05) is 22.1 Å². The number of ether oxygens (including phenoxy) is 1. The summed E-state index contributed by atoms with van der Waals surface area (Å²) in [6.07, 6.45) is -0.450. The molecule has 1 fully saturated rings. The Hall–Kier alpha value is -2.35. The molecule has 4 atom stereocenters. The van der Waals surface area contributed by atoms with Crippen molar-refractivity contribution >= 4 is 39.8 Å². The topological polar surface area (TPSA) is 171 Å². The van der Waals surface area contributed by atoms with E-state index in [1.165, 1.54) is 11.8 Å². The Kier molecular flexibility index (Phi) is 11.2. The van der Waals surface area contributed by atoms with Crippen LogP contribution in [-0.4, -0.2) is 71.4 Å². The number of thioether (sulfide) groups is 1. The van der Waals surface area contributed by atoms with Crippen LogP contribution >= 0.6 is 11.8 Å². The van der Waals surface area contributed by atoms with Gasteiger partial charge in [-0.25, -0.2) is 4.79 Å². The maximum absolute atomic E-state index is 13.1. The standard InChI is InChI=1S/C24H37N3O8S2/c1-15(2)12-18(27-23(31)35-14-24(3,4)36-17-8-6-5-7-9-17)21(29)26-19(22(30)37(32,33)34)13-16-10-11-25-20(16)28/h5-9,15-16,18-19,22,30H,10-14H2,1-4H3,(H,25,28)(H,26,29)(H,27,31)(H,32,33,34)/t16-,18-,19-,22?/m0/s1. The summed E-state index contributed by atoms with van der Waals surface area (Å²) in [5, 5.41) is 17.7. The largest absolute Gasteiger partial charge is 0.448 e.